The highest BCUT2D eigenvalue weighted by molar-refractivity contribution is 6.42. The van der Waals surface area contributed by atoms with Crippen molar-refractivity contribution < 1.29 is 19.1 Å². The van der Waals surface area contributed by atoms with Crippen molar-refractivity contribution in [2.45, 2.75) is 6.61 Å². The van der Waals surface area contributed by atoms with Crippen molar-refractivity contribution in [3.8, 4) is 5.75 Å². The summed E-state index contributed by atoms with van der Waals surface area (Å²) in [4.78, 5) is 38.9. The highest BCUT2D eigenvalue weighted by Crippen LogP contribution is 2.36. The van der Waals surface area contributed by atoms with Crippen molar-refractivity contribution in [3.63, 3.8) is 0 Å². The van der Waals surface area contributed by atoms with Crippen LogP contribution >= 0.6 is 34.8 Å². The highest BCUT2D eigenvalue weighted by atomic mass is 35.5. The van der Waals surface area contributed by atoms with E-state index in [1.807, 2.05) is 42.5 Å². The zero-order valence-electron chi connectivity index (χ0n) is 19.0. The minimum absolute atomic E-state index is 0.151. The molecule has 1 aliphatic rings. The summed E-state index contributed by atoms with van der Waals surface area (Å²) in [6.07, 6.45) is 1.31. The average molecular weight is 552 g/mol. The SMILES string of the molecule is O=C1NC(=O)N(c2ccccc2Cl)C(=O)/C1=C/c1cc(Cl)c(OCc2cccc3ccccc23)c(Cl)c1. The van der Waals surface area contributed by atoms with Crippen LogP contribution in [-0.4, -0.2) is 17.8 Å². The summed E-state index contributed by atoms with van der Waals surface area (Å²) in [5.41, 5.74) is 1.21. The second-order valence-corrected chi connectivity index (χ2v) is 9.37. The fraction of sp³-hybridized carbons (Fsp3) is 0.0357. The van der Waals surface area contributed by atoms with E-state index in [9.17, 15) is 14.4 Å². The van der Waals surface area contributed by atoms with E-state index in [-0.39, 0.29) is 38.7 Å². The predicted octanol–water partition coefficient (Wildman–Crippen LogP) is 7.05. The number of ether oxygens (including phenoxy) is 1. The molecule has 0 spiro atoms. The lowest BCUT2D eigenvalue weighted by Crippen LogP contribution is -2.54. The first-order chi connectivity index (χ1) is 17.8. The number of urea groups is 1. The molecule has 37 heavy (non-hydrogen) atoms. The Morgan fingerprint density at radius 1 is 0.811 bits per heavy atom. The second-order valence-electron chi connectivity index (χ2n) is 8.15. The topological polar surface area (TPSA) is 75.7 Å². The van der Waals surface area contributed by atoms with Crippen LogP contribution in [0.5, 0.6) is 5.75 Å². The van der Waals surface area contributed by atoms with Gasteiger partial charge in [0.2, 0.25) is 0 Å². The van der Waals surface area contributed by atoms with Gasteiger partial charge in [0, 0.05) is 0 Å². The summed E-state index contributed by atoms with van der Waals surface area (Å²) in [5.74, 6) is -1.40. The zero-order valence-corrected chi connectivity index (χ0v) is 21.3. The third-order valence-electron chi connectivity index (χ3n) is 5.78. The number of hydrogen-bond acceptors (Lipinski definition) is 4. The van der Waals surface area contributed by atoms with Gasteiger partial charge in [-0.1, -0.05) is 89.4 Å². The number of fused-ring (bicyclic) bond motifs is 1. The fourth-order valence-corrected chi connectivity index (χ4v) is 4.88. The third-order valence-corrected chi connectivity index (χ3v) is 6.66. The van der Waals surface area contributed by atoms with Gasteiger partial charge in [-0.25, -0.2) is 9.69 Å². The molecule has 0 atom stereocenters. The highest BCUT2D eigenvalue weighted by Gasteiger charge is 2.37. The van der Waals surface area contributed by atoms with E-state index in [1.165, 1.54) is 30.3 Å². The molecule has 4 aromatic rings. The van der Waals surface area contributed by atoms with Gasteiger partial charge in [-0.2, -0.15) is 0 Å². The quantitative estimate of drug-likeness (QED) is 0.213. The van der Waals surface area contributed by atoms with Gasteiger partial charge in [0.25, 0.3) is 11.8 Å². The number of rotatable bonds is 5. The molecule has 0 aromatic heterocycles. The van der Waals surface area contributed by atoms with Crippen molar-refractivity contribution in [2.24, 2.45) is 0 Å². The van der Waals surface area contributed by atoms with Crippen LogP contribution in [0.25, 0.3) is 16.8 Å². The number of imide groups is 2. The average Bonchev–Trinajstić information content (AvgIpc) is 2.87. The van der Waals surface area contributed by atoms with E-state index >= 15 is 0 Å². The van der Waals surface area contributed by atoms with Crippen LogP contribution in [-0.2, 0) is 16.2 Å². The zero-order chi connectivity index (χ0) is 26.1. The molecule has 4 aromatic carbocycles. The van der Waals surface area contributed by atoms with Gasteiger partial charge in [0.05, 0.1) is 20.8 Å². The molecular formula is C28H17Cl3N2O4. The van der Waals surface area contributed by atoms with Crippen molar-refractivity contribution >= 4 is 75.2 Å². The van der Waals surface area contributed by atoms with Crippen molar-refractivity contribution in [1.82, 2.24) is 5.32 Å². The van der Waals surface area contributed by atoms with Crippen molar-refractivity contribution in [1.29, 1.82) is 0 Å². The van der Waals surface area contributed by atoms with E-state index in [0.717, 1.165) is 21.2 Å². The van der Waals surface area contributed by atoms with Gasteiger partial charge in [-0.15, -0.1) is 0 Å². The molecule has 0 aliphatic carbocycles. The number of benzene rings is 4. The maximum Gasteiger partial charge on any atom is 0.335 e. The minimum atomic E-state index is -0.895. The maximum atomic E-state index is 13.1. The lowest BCUT2D eigenvalue weighted by atomic mass is 10.1. The minimum Gasteiger partial charge on any atom is -0.486 e. The number of barbiturate groups is 1. The number of carbonyl (C=O) groups excluding carboxylic acids is 3. The standard InChI is InChI=1S/C28H17Cl3N2O4/c29-21-10-3-4-11-24(21)33-27(35)20(26(34)32-28(33)36)12-16-13-22(30)25(23(31)14-16)37-15-18-8-5-7-17-6-1-2-9-19(17)18/h1-14H,15H2,(H,32,34,36)/b20-12+. The summed E-state index contributed by atoms with van der Waals surface area (Å²) >= 11 is 19.1. The second kappa shape index (κ2) is 10.3. The van der Waals surface area contributed by atoms with Crippen molar-refractivity contribution in [3.05, 3.63) is 111 Å². The van der Waals surface area contributed by atoms with Gasteiger partial charge in [-0.05, 0) is 52.2 Å². The maximum absolute atomic E-state index is 13.1. The van der Waals surface area contributed by atoms with Crippen LogP contribution in [0.4, 0.5) is 10.5 Å². The molecule has 1 saturated heterocycles. The Morgan fingerprint density at radius 3 is 2.24 bits per heavy atom. The molecule has 0 radical (unpaired) electrons. The Kier molecular flexibility index (Phi) is 6.89. The Labute approximate surface area is 227 Å². The number of anilines is 1. The molecule has 4 amide bonds. The number of halogens is 3. The smallest absolute Gasteiger partial charge is 0.335 e. The van der Waals surface area contributed by atoms with Crippen LogP contribution in [0.3, 0.4) is 0 Å². The number of nitrogens with one attached hydrogen (secondary N) is 1. The molecule has 1 aliphatic heterocycles. The summed E-state index contributed by atoms with van der Waals surface area (Å²) in [5, 5.41) is 4.87. The van der Waals surface area contributed by atoms with Gasteiger partial charge in [0.1, 0.15) is 12.2 Å². The van der Waals surface area contributed by atoms with Crippen LogP contribution in [0.2, 0.25) is 15.1 Å². The number of carbonyl (C=O) groups is 3. The first-order valence-electron chi connectivity index (χ1n) is 11.1. The largest absolute Gasteiger partial charge is 0.486 e. The van der Waals surface area contributed by atoms with Gasteiger partial charge >= 0.3 is 6.03 Å². The Bertz CT molecular complexity index is 1590. The molecule has 0 saturated carbocycles. The van der Waals surface area contributed by atoms with Gasteiger partial charge < -0.3 is 4.74 Å². The lowest BCUT2D eigenvalue weighted by Gasteiger charge is -2.27. The number of para-hydroxylation sites is 1. The van der Waals surface area contributed by atoms with Crippen LogP contribution in [0.1, 0.15) is 11.1 Å². The van der Waals surface area contributed by atoms with Crippen LogP contribution < -0.4 is 15.0 Å². The van der Waals surface area contributed by atoms with E-state index in [0.29, 0.717) is 5.56 Å². The third kappa shape index (κ3) is 4.91. The van der Waals surface area contributed by atoms with E-state index in [2.05, 4.69) is 5.32 Å². The van der Waals surface area contributed by atoms with E-state index in [1.54, 1.807) is 12.1 Å². The summed E-state index contributed by atoms with van der Waals surface area (Å²) in [6, 6.07) is 22.4. The van der Waals surface area contributed by atoms with Gasteiger partial charge in [-0.3, -0.25) is 14.9 Å². The molecule has 6 nitrogen and oxygen atoms in total. The normalized spacial score (nSPS) is 14.8. The molecule has 0 bridgehead atoms. The Morgan fingerprint density at radius 2 is 1.49 bits per heavy atom. The molecule has 1 N–H and O–H groups in total. The Hall–Kier alpha value is -3.84. The molecule has 5 rings (SSSR count). The predicted molar refractivity (Wildman–Crippen MR) is 145 cm³/mol. The summed E-state index contributed by atoms with van der Waals surface area (Å²) < 4.78 is 5.95. The van der Waals surface area contributed by atoms with Gasteiger partial charge in [0.15, 0.2) is 5.75 Å². The summed E-state index contributed by atoms with van der Waals surface area (Å²) in [7, 11) is 0. The fourth-order valence-electron chi connectivity index (χ4n) is 4.04. The first-order valence-corrected chi connectivity index (χ1v) is 12.2. The van der Waals surface area contributed by atoms with Crippen molar-refractivity contribution in [2.75, 3.05) is 4.90 Å². The molecule has 1 heterocycles. The molecule has 1 fully saturated rings. The number of hydrogen-bond donors (Lipinski definition) is 1. The van der Waals surface area contributed by atoms with E-state index < -0.39 is 17.8 Å². The summed E-state index contributed by atoms with van der Waals surface area (Å²) in [6.45, 7) is 0.233. The lowest BCUT2D eigenvalue weighted by molar-refractivity contribution is -0.122. The molecule has 0 unspecified atom stereocenters. The first kappa shape index (κ1) is 24.8. The monoisotopic (exact) mass is 550 g/mol. The molecular weight excluding hydrogens is 535 g/mol. The van der Waals surface area contributed by atoms with Crippen LogP contribution in [0, 0.1) is 0 Å². The molecule has 184 valence electrons. The van der Waals surface area contributed by atoms with E-state index in [4.69, 9.17) is 39.5 Å². The molecule has 9 heteroatoms. The van der Waals surface area contributed by atoms with Crippen LogP contribution in [0.15, 0.2) is 84.4 Å². The Balaban J connectivity index is 1.43. The number of amides is 4. The number of nitrogens with zero attached hydrogens (tertiary/aromatic N) is 1.